The number of ether oxygens (including phenoxy) is 1. The number of fused-ring (bicyclic) bond motifs is 1. The van der Waals surface area contributed by atoms with Crippen LogP contribution >= 0.6 is 0 Å². The third-order valence-electron chi connectivity index (χ3n) is 6.48. The Bertz CT molecular complexity index is 613. The minimum absolute atomic E-state index is 0.0456. The Morgan fingerprint density at radius 1 is 1.25 bits per heavy atom. The average molecular weight is 396 g/mol. The zero-order chi connectivity index (χ0) is 20.3. The van der Waals surface area contributed by atoms with Gasteiger partial charge in [0.2, 0.25) is 17.7 Å². The van der Waals surface area contributed by atoms with Gasteiger partial charge in [0.25, 0.3) is 0 Å². The van der Waals surface area contributed by atoms with Crippen LogP contribution in [0.5, 0.6) is 0 Å². The van der Waals surface area contributed by atoms with Crippen molar-refractivity contribution < 1.29 is 24.2 Å². The largest absolute Gasteiger partial charge is 0.396 e. The summed E-state index contributed by atoms with van der Waals surface area (Å²) in [5.74, 6) is -1.68. The van der Waals surface area contributed by atoms with Crippen LogP contribution in [0.2, 0.25) is 0 Å². The van der Waals surface area contributed by atoms with Gasteiger partial charge in [-0.3, -0.25) is 14.4 Å². The van der Waals surface area contributed by atoms with Crippen molar-refractivity contribution in [2.45, 2.75) is 69.6 Å². The lowest BCUT2D eigenvalue weighted by molar-refractivity contribution is -0.142. The van der Waals surface area contributed by atoms with Gasteiger partial charge in [-0.05, 0) is 32.1 Å². The summed E-state index contributed by atoms with van der Waals surface area (Å²) < 4.78 is 6.25. The van der Waals surface area contributed by atoms with Crippen LogP contribution in [0.4, 0.5) is 0 Å². The van der Waals surface area contributed by atoms with Crippen LogP contribution in [0.15, 0.2) is 0 Å². The normalized spacial score (nSPS) is 33.2. The highest BCUT2D eigenvalue weighted by molar-refractivity contribution is 5.98. The minimum atomic E-state index is -0.910. The van der Waals surface area contributed by atoms with Crippen molar-refractivity contribution in [3.05, 3.63) is 0 Å². The van der Waals surface area contributed by atoms with Gasteiger partial charge in [0.05, 0.1) is 17.9 Å². The number of carbonyl (C=O) groups is 3. The molecule has 3 saturated heterocycles. The van der Waals surface area contributed by atoms with Crippen molar-refractivity contribution in [1.29, 1.82) is 0 Å². The first-order valence-electron chi connectivity index (χ1n) is 10.6. The molecule has 3 aliphatic rings. The molecular weight excluding hydrogens is 362 g/mol. The van der Waals surface area contributed by atoms with E-state index in [0.29, 0.717) is 38.8 Å². The summed E-state index contributed by atoms with van der Waals surface area (Å²) >= 11 is 0. The standard InChI is InChI=1S/C20H33N3O5/c1-3-4-5-10-22-18(26)16-20-9-8-13(28-20)14(17(25)21-2)15(20)19(27)23(16)11-6-7-12-24/h13-16,24H,3-12H2,1-2H3,(H,21,25)(H,22,26)/t13-,14+,15-,16?,20?/m0/s1. The molecule has 1 spiro atoms. The lowest BCUT2D eigenvalue weighted by atomic mass is 9.70. The van der Waals surface area contributed by atoms with Gasteiger partial charge in [0.1, 0.15) is 11.6 Å². The highest BCUT2D eigenvalue weighted by Gasteiger charge is 2.74. The molecule has 3 N–H and O–H groups in total. The lowest BCUT2D eigenvalue weighted by Crippen LogP contribution is -2.55. The van der Waals surface area contributed by atoms with E-state index >= 15 is 0 Å². The molecule has 0 aromatic carbocycles. The van der Waals surface area contributed by atoms with Crippen LogP contribution in [0, 0.1) is 11.8 Å². The predicted octanol–water partition coefficient (Wildman–Crippen LogP) is 0.186. The summed E-state index contributed by atoms with van der Waals surface area (Å²) in [7, 11) is 1.57. The van der Waals surface area contributed by atoms with E-state index in [1.165, 1.54) is 0 Å². The Labute approximate surface area is 166 Å². The number of aliphatic hydroxyl groups excluding tert-OH is 1. The highest BCUT2D eigenvalue weighted by atomic mass is 16.5. The molecule has 158 valence electrons. The van der Waals surface area contributed by atoms with Crippen LogP contribution in [0.25, 0.3) is 0 Å². The van der Waals surface area contributed by atoms with Gasteiger partial charge in [-0.1, -0.05) is 19.8 Å². The first-order chi connectivity index (χ1) is 13.5. The number of nitrogens with zero attached hydrogens (tertiary/aromatic N) is 1. The van der Waals surface area contributed by atoms with Crippen molar-refractivity contribution in [3.63, 3.8) is 0 Å². The molecule has 8 nitrogen and oxygen atoms in total. The van der Waals surface area contributed by atoms with Crippen LogP contribution in [0.1, 0.15) is 51.9 Å². The smallest absolute Gasteiger partial charge is 0.245 e. The van der Waals surface area contributed by atoms with Crippen molar-refractivity contribution in [1.82, 2.24) is 15.5 Å². The van der Waals surface area contributed by atoms with Crippen LogP contribution in [-0.4, -0.2) is 72.2 Å². The molecule has 0 aromatic heterocycles. The van der Waals surface area contributed by atoms with Crippen molar-refractivity contribution in [2.75, 3.05) is 26.7 Å². The topological polar surface area (TPSA) is 108 Å². The molecular formula is C20H33N3O5. The number of likely N-dealkylation sites (tertiary alicyclic amines) is 1. The Hall–Kier alpha value is -1.67. The maximum absolute atomic E-state index is 13.3. The second-order valence-corrected chi connectivity index (χ2v) is 8.13. The molecule has 0 saturated carbocycles. The Balaban J connectivity index is 1.84. The number of unbranched alkanes of at least 4 members (excludes halogenated alkanes) is 3. The van der Waals surface area contributed by atoms with Crippen molar-refractivity contribution >= 4 is 17.7 Å². The number of aliphatic hydroxyl groups is 1. The quantitative estimate of drug-likeness (QED) is 0.458. The minimum Gasteiger partial charge on any atom is -0.396 e. The van der Waals surface area contributed by atoms with Crippen LogP contribution in [-0.2, 0) is 19.1 Å². The number of carbonyl (C=O) groups excluding carboxylic acids is 3. The second-order valence-electron chi connectivity index (χ2n) is 8.13. The van der Waals surface area contributed by atoms with Gasteiger partial charge in [0, 0.05) is 26.7 Å². The Kier molecular flexibility index (Phi) is 6.60. The Morgan fingerprint density at radius 2 is 2.04 bits per heavy atom. The fraction of sp³-hybridized carbons (Fsp3) is 0.850. The van der Waals surface area contributed by atoms with E-state index in [-0.39, 0.29) is 30.4 Å². The monoisotopic (exact) mass is 395 g/mol. The summed E-state index contributed by atoms with van der Waals surface area (Å²) in [4.78, 5) is 40.5. The molecule has 2 bridgehead atoms. The molecule has 8 heteroatoms. The number of hydrogen-bond acceptors (Lipinski definition) is 5. The molecule has 3 fully saturated rings. The van der Waals surface area contributed by atoms with E-state index in [1.807, 2.05) is 0 Å². The van der Waals surface area contributed by atoms with Crippen molar-refractivity contribution in [3.8, 4) is 0 Å². The molecule has 0 radical (unpaired) electrons. The van der Waals surface area contributed by atoms with E-state index in [4.69, 9.17) is 9.84 Å². The molecule has 3 heterocycles. The van der Waals surface area contributed by atoms with E-state index in [9.17, 15) is 14.4 Å². The molecule has 0 aliphatic carbocycles. The molecule has 0 aromatic rings. The van der Waals surface area contributed by atoms with Gasteiger partial charge in [-0.2, -0.15) is 0 Å². The molecule has 5 atom stereocenters. The van der Waals surface area contributed by atoms with E-state index in [2.05, 4.69) is 17.6 Å². The summed E-state index contributed by atoms with van der Waals surface area (Å²) in [6.07, 6.45) is 5.17. The summed E-state index contributed by atoms with van der Waals surface area (Å²) in [5, 5.41) is 14.7. The van der Waals surface area contributed by atoms with Gasteiger partial charge >= 0.3 is 0 Å². The SMILES string of the molecule is CCCCCNC(=O)C1N(CCCCO)C(=O)[C@@H]2[C@H](C(=O)NC)[C@@H]3CCC12O3. The first-order valence-corrected chi connectivity index (χ1v) is 10.6. The zero-order valence-corrected chi connectivity index (χ0v) is 16.9. The maximum atomic E-state index is 13.3. The van der Waals surface area contributed by atoms with Gasteiger partial charge < -0.3 is 25.4 Å². The molecule has 3 rings (SSSR count). The van der Waals surface area contributed by atoms with Gasteiger partial charge in [-0.25, -0.2) is 0 Å². The van der Waals surface area contributed by atoms with E-state index in [1.54, 1.807) is 11.9 Å². The lowest BCUT2D eigenvalue weighted by Gasteiger charge is -2.33. The van der Waals surface area contributed by atoms with Gasteiger partial charge in [0.15, 0.2) is 0 Å². The van der Waals surface area contributed by atoms with E-state index < -0.39 is 23.5 Å². The number of rotatable bonds is 10. The third-order valence-corrected chi connectivity index (χ3v) is 6.48. The summed E-state index contributed by atoms with van der Waals surface area (Å²) in [5.41, 5.74) is -0.910. The zero-order valence-electron chi connectivity index (χ0n) is 16.9. The predicted molar refractivity (Wildman–Crippen MR) is 102 cm³/mol. The third kappa shape index (κ3) is 3.41. The molecule has 2 unspecified atom stereocenters. The molecule has 3 aliphatic heterocycles. The van der Waals surface area contributed by atoms with Gasteiger partial charge in [-0.15, -0.1) is 0 Å². The highest BCUT2D eigenvalue weighted by Crippen LogP contribution is 2.58. The molecule has 3 amide bonds. The maximum Gasteiger partial charge on any atom is 0.245 e. The second kappa shape index (κ2) is 8.78. The van der Waals surface area contributed by atoms with E-state index in [0.717, 1.165) is 19.3 Å². The van der Waals surface area contributed by atoms with Crippen LogP contribution < -0.4 is 10.6 Å². The number of nitrogens with one attached hydrogen (secondary N) is 2. The fourth-order valence-corrected chi connectivity index (χ4v) is 5.24. The average Bonchev–Trinajstić information content (AvgIpc) is 3.32. The summed E-state index contributed by atoms with van der Waals surface area (Å²) in [6.45, 7) is 3.11. The Morgan fingerprint density at radius 3 is 2.71 bits per heavy atom. The number of amides is 3. The van der Waals surface area contributed by atoms with Crippen molar-refractivity contribution in [2.24, 2.45) is 11.8 Å². The van der Waals surface area contributed by atoms with Crippen LogP contribution in [0.3, 0.4) is 0 Å². The number of hydrogen-bond donors (Lipinski definition) is 3. The molecule has 28 heavy (non-hydrogen) atoms. The first kappa shape index (κ1) is 21.0. The summed E-state index contributed by atoms with van der Waals surface area (Å²) in [6, 6.07) is -0.704. The fourth-order valence-electron chi connectivity index (χ4n) is 5.24.